The first-order chi connectivity index (χ1) is 10.4. The third-order valence-corrected chi connectivity index (χ3v) is 4.00. The van der Waals surface area contributed by atoms with E-state index in [9.17, 15) is 4.79 Å². The second kappa shape index (κ2) is 7.14. The summed E-state index contributed by atoms with van der Waals surface area (Å²) < 4.78 is 11.5. The van der Waals surface area contributed by atoms with Gasteiger partial charge in [-0.05, 0) is 43.8 Å². The number of ether oxygens (including phenoxy) is 2. The fraction of sp³-hybridized carbons (Fsp3) is 0.611. The average Bonchev–Trinajstić information content (AvgIpc) is 2.74. The first-order valence-corrected chi connectivity index (χ1v) is 7.99. The largest absolute Gasteiger partial charge is 0.492 e. The summed E-state index contributed by atoms with van der Waals surface area (Å²) in [6.07, 6.45) is 0.797. The molecule has 1 aliphatic rings. The lowest BCUT2D eigenvalue weighted by Gasteiger charge is -2.19. The number of esters is 1. The van der Waals surface area contributed by atoms with Crippen LogP contribution in [0, 0.1) is 11.8 Å². The van der Waals surface area contributed by atoms with Crippen molar-refractivity contribution < 1.29 is 14.3 Å². The van der Waals surface area contributed by atoms with Crippen molar-refractivity contribution in [1.82, 2.24) is 4.90 Å². The van der Waals surface area contributed by atoms with Crippen LogP contribution in [0.5, 0.6) is 5.75 Å². The fourth-order valence-electron chi connectivity index (χ4n) is 2.66. The highest BCUT2D eigenvalue weighted by atomic mass is 16.5. The summed E-state index contributed by atoms with van der Waals surface area (Å²) in [6.45, 7) is 7.38. The zero-order valence-electron chi connectivity index (χ0n) is 14.3. The fourth-order valence-corrected chi connectivity index (χ4v) is 2.66. The number of carbonyl (C=O) groups is 1. The summed E-state index contributed by atoms with van der Waals surface area (Å²) in [4.78, 5) is 14.0. The SMILES string of the molecule is CC(C)C(=O)OC1c2cc(OCCN(C)C)ccc2CC1C. The molecular weight excluding hydrogens is 278 g/mol. The van der Waals surface area contributed by atoms with Gasteiger partial charge in [0.1, 0.15) is 18.5 Å². The third kappa shape index (κ3) is 4.01. The summed E-state index contributed by atoms with van der Waals surface area (Å²) in [5.41, 5.74) is 2.36. The smallest absolute Gasteiger partial charge is 0.308 e. The molecule has 0 aliphatic heterocycles. The number of rotatable bonds is 6. The van der Waals surface area contributed by atoms with E-state index in [1.165, 1.54) is 5.56 Å². The first kappa shape index (κ1) is 16.8. The number of likely N-dealkylation sites (N-methyl/N-ethyl adjacent to an activating group) is 1. The van der Waals surface area contributed by atoms with Crippen LogP contribution in [0.2, 0.25) is 0 Å². The van der Waals surface area contributed by atoms with Crippen molar-refractivity contribution >= 4 is 5.97 Å². The van der Waals surface area contributed by atoms with Gasteiger partial charge in [0.05, 0.1) is 5.92 Å². The standard InChI is InChI=1S/C18H27NO3/c1-12(2)18(20)22-17-13(3)10-14-6-7-15(11-16(14)17)21-9-8-19(4)5/h6-7,11-13,17H,8-10H2,1-5H3. The number of hydrogen-bond donors (Lipinski definition) is 0. The van der Waals surface area contributed by atoms with Crippen LogP contribution in [0.25, 0.3) is 0 Å². The van der Waals surface area contributed by atoms with Gasteiger partial charge in [-0.2, -0.15) is 0 Å². The highest BCUT2D eigenvalue weighted by Gasteiger charge is 2.33. The number of fused-ring (bicyclic) bond motifs is 1. The average molecular weight is 305 g/mol. The molecule has 0 radical (unpaired) electrons. The van der Waals surface area contributed by atoms with Gasteiger partial charge in [0, 0.05) is 12.5 Å². The van der Waals surface area contributed by atoms with Gasteiger partial charge in [0.25, 0.3) is 0 Å². The van der Waals surface area contributed by atoms with E-state index in [4.69, 9.17) is 9.47 Å². The molecule has 1 aromatic rings. The Labute approximate surface area is 133 Å². The molecule has 0 saturated heterocycles. The minimum Gasteiger partial charge on any atom is -0.492 e. The molecule has 22 heavy (non-hydrogen) atoms. The Kier molecular flexibility index (Phi) is 5.46. The number of nitrogens with zero attached hydrogens (tertiary/aromatic N) is 1. The van der Waals surface area contributed by atoms with Gasteiger partial charge in [-0.1, -0.05) is 26.8 Å². The Morgan fingerprint density at radius 3 is 2.73 bits per heavy atom. The van der Waals surface area contributed by atoms with E-state index in [-0.39, 0.29) is 18.0 Å². The predicted molar refractivity (Wildman–Crippen MR) is 87.0 cm³/mol. The quantitative estimate of drug-likeness (QED) is 0.757. The number of benzene rings is 1. The van der Waals surface area contributed by atoms with E-state index in [1.807, 2.05) is 40.1 Å². The van der Waals surface area contributed by atoms with E-state index < -0.39 is 0 Å². The third-order valence-electron chi connectivity index (χ3n) is 4.00. The van der Waals surface area contributed by atoms with E-state index >= 15 is 0 Å². The number of hydrogen-bond acceptors (Lipinski definition) is 4. The maximum absolute atomic E-state index is 11.9. The second-order valence-corrected chi connectivity index (χ2v) is 6.71. The minimum atomic E-state index is -0.151. The molecule has 0 amide bonds. The Hall–Kier alpha value is -1.55. The molecule has 4 nitrogen and oxygen atoms in total. The Morgan fingerprint density at radius 2 is 2.09 bits per heavy atom. The van der Waals surface area contributed by atoms with Crippen LogP contribution in [-0.2, 0) is 16.0 Å². The summed E-state index contributed by atoms with van der Waals surface area (Å²) >= 11 is 0. The molecule has 2 unspecified atom stereocenters. The monoisotopic (exact) mass is 305 g/mol. The highest BCUT2D eigenvalue weighted by molar-refractivity contribution is 5.72. The van der Waals surface area contributed by atoms with Crippen LogP contribution in [0.1, 0.15) is 38.0 Å². The summed E-state index contributed by atoms with van der Waals surface area (Å²) in [5.74, 6) is 0.925. The summed E-state index contributed by atoms with van der Waals surface area (Å²) in [7, 11) is 4.05. The van der Waals surface area contributed by atoms with Gasteiger partial charge in [-0.25, -0.2) is 0 Å². The van der Waals surface area contributed by atoms with Crippen molar-refractivity contribution in [3.8, 4) is 5.75 Å². The Morgan fingerprint density at radius 1 is 1.36 bits per heavy atom. The molecule has 2 rings (SSSR count). The number of carbonyl (C=O) groups excluding carboxylic acids is 1. The topological polar surface area (TPSA) is 38.8 Å². The van der Waals surface area contributed by atoms with Crippen molar-refractivity contribution in [3.63, 3.8) is 0 Å². The highest BCUT2D eigenvalue weighted by Crippen LogP contribution is 2.40. The van der Waals surface area contributed by atoms with Crippen LogP contribution in [0.3, 0.4) is 0 Å². The molecule has 122 valence electrons. The molecular formula is C18H27NO3. The van der Waals surface area contributed by atoms with Crippen LogP contribution >= 0.6 is 0 Å². The molecule has 1 aliphatic carbocycles. The zero-order chi connectivity index (χ0) is 16.3. The van der Waals surface area contributed by atoms with Crippen molar-refractivity contribution in [2.45, 2.75) is 33.3 Å². The Balaban J connectivity index is 2.09. The van der Waals surface area contributed by atoms with Gasteiger partial charge < -0.3 is 14.4 Å². The minimum absolute atomic E-state index is 0.101. The molecule has 0 N–H and O–H groups in total. The van der Waals surface area contributed by atoms with Crippen LogP contribution < -0.4 is 4.74 Å². The second-order valence-electron chi connectivity index (χ2n) is 6.71. The lowest BCUT2D eigenvalue weighted by atomic mass is 10.1. The molecule has 0 bridgehead atoms. The van der Waals surface area contributed by atoms with Crippen molar-refractivity contribution in [3.05, 3.63) is 29.3 Å². The maximum atomic E-state index is 11.9. The summed E-state index contributed by atoms with van der Waals surface area (Å²) in [5, 5.41) is 0. The van der Waals surface area contributed by atoms with Crippen molar-refractivity contribution in [2.75, 3.05) is 27.2 Å². The van der Waals surface area contributed by atoms with Gasteiger partial charge >= 0.3 is 5.97 Å². The molecule has 0 fully saturated rings. The molecule has 0 aromatic heterocycles. The Bertz CT molecular complexity index is 525. The van der Waals surface area contributed by atoms with Gasteiger partial charge in [-0.15, -0.1) is 0 Å². The molecule has 4 heteroatoms. The molecule has 2 atom stereocenters. The van der Waals surface area contributed by atoms with Crippen LogP contribution in [0.15, 0.2) is 18.2 Å². The molecule has 1 aromatic carbocycles. The van der Waals surface area contributed by atoms with Gasteiger partial charge in [0.15, 0.2) is 0 Å². The lowest BCUT2D eigenvalue weighted by molar-refractivity contribution is -0.155. The van der Waals surface area contributed by atoms with Crippen LogP contribution in [0.4, 0.5) is 0 Å². The normalized spacial score (nSPS) is 20.3. The van der Waals surface area contributed by atoms with E-state index in [2.05, 4.69) is 17.9 Å². The predicted octanol–water partition coefficient (Wildman–Crippen LogP) is 3.06. The molecule has 0 saturated carbocycles. The molecule has 0 heterocycles. The van der Waals surface area contributed by atoms with E-state index in [1.54, 1.807) is 0 Å². The van der Waals surface area contributed by atoms with E-state index in [0.29, 0.717) is 12.5 Å². The van der Waals surface area contributed by atoms with Gasteiger partial charge in [0.2, 0.25) is 0 Å². The zero-order valence-corrected chi connectivity index (χ0v) is 14.3. The molecule has 0 spiro atoms. The summed E-state index contributed by atoms with van der Waals surface area (Å²) in [6, 6.07) is 6.14. The maximum Gasteiger partial charge on any atom is 0.308 e. The van der Waals surface area contributed by atoms with Gasteiger partial charge in [-0.3, -0.25) is 4.79 Å². The van der Waals surface area contributed by atoms with Crippen molar-refractivity contribution in [2.24, 2.45) is 11.8 Å². The first-order valence-electron chi connectivity index (χ1n) is 7.99. The van der Waals surface area contributed by atoms with Crippen LogP contribution in [-0.4, -0.2) is 38.1 Å². The van der Waals surface area contributed by atoms with Crippen molar-refractivity contribution in [1.29, 1.82) is 0 Å². The lowest BCUT2D eigenvalue weighted by Crippen LogP contribution is -2.19. The van der Waals surface area contributed by atoms with E-state index in [0.717, 1.165) is 24.3 Å².